The average molecular weight is 422 g/mol. The molecule has 0 bridgehead atoms. The molecule has 0 unspecified atom stereocenters. The van der Waals surface area contributed by atoms with E-state index in [1.807, 2.05) is 25.1 Å². The second-order valence-corrected chi connectivity index (χ2v) is 7.78. The highest BCUT2D eigenvalue weighted by atomic mass is 32.1. The van der Waals surface area contributed by atoms with E-state index in [1.165, 1.54) is 11.3 Å². The van der Waals surface area contributed by atoms with Gasteiger partial charge in [0.2, 0.25) is 6.79 Å². The van der Waals surface area contributed by atoms with E-state index < -0.39 is 0 Å². The largest absolute Gasteiger partial charge is 0.494 e. The molecule has 4 aromatic rings. The van der Waals surface area contributed by atoms with Crippen molar-refractivity contribution in [3.63, 3.8) is 0 Å². The van der Waals surface area contributed by atoms with Gasteiger partial charge in [0, 0.05) is 5.56 Å². The Morgan fingerprint density at radius 3 is 2.87 bits per heavy atom. The summed E-state index contributed by atoms with van der Waals surface area (Å²) in [7, 11) is 1.61. The minimum Gasteiger partial charge on any atom is -0.494 e. The molecule has 0 spiro atoms. The lowest BCUT2D eigenvalue weighted by Gasteiger charge is -2.19. The number of thiazole rings is 1. The van der Waals surface area contributed by atoms with Crippen molar-refractivity contribution in [2.45, 2.75) is 13.5 Å². The number of methoxy groups -OCH3 is 1. The number of anilines is 1. The van der Waals surface area contributed by atoms with Gasteiger partial charge < -0.3 is 18.6 Å². The number of fused-ring (bicyclic) bond motifs is 2. The van der Waals surface area contributed by atoms with Crippen LogP contribution in [0.3, 0.4) is 0 Å². The quantitative estimate of drug-likeness (QED) is 0.461. The van der Waals surface area contributed by atoms with Crippen molar-refractivity contribution in [1.29, 1.82) is 0 Å². The number of aryl methyl sites for hydroxylation is 1. The lowest BCUT2D eigenvalue weighted by Crippen LogP contribution is -2.30. The van der Waals surface area contributed by atoms with E-state index in [1.54, 1.807) is 42.5 Å². The molecule has 2 aromatic heterocycles. The van der Waals surface area contributed by atoms with Crippen molar-refractivity contribution in [2.24, 2.45) is 0 Å². The van der Waals surface area contributed by atoms with Crippen LogP contribution in [0.4, 0.5) is 5.13 Å². The van der Waals surface area contributed by atoms with Crippen molar-refractivity contribution in [3.05, 3.63) is 65.6 Å². The number of furan rings is 1. The van der Waals surface area contributed by atoms with E-state index in [0.29, 0.717) is 33.7 Å². The first-order valence-corrected chi connectivity index (χ1v) is 10.1. The molecule has 1 aliphatic heterocycles. The van der Waals surface area contributed by atoms with Gasteiger partial charge in [-0.1, -0.05) is 17.4 Å². The average Bonchev–Trinajstić information content (AvgIpc) is 3.51. The molecular weight excluding hydrogens is 404 g/mol. The van der Waals surface area contributed by atoms with Crippen molar-refractivity contribution in [1.82, 2.24) is 4.98 Å². The van der Waals surface area contributed by atoms with Crippen LogP contribution in [0.5, 0.6) is 17.2 Å². The molecular formula is C22H18N2O5S. The molecule has 5 rings (SSSR count). The molecule has 0 saturated heterocycles. The molecule has 0 aliphatic carbocycles. The number of hydrogen-bond acceptors (Lipinski definition) is 7. The van der Waals surface area contributed by atoms with E-state index >= 15 is 0 Å². The van der Waals surface area contributed by atoms with Crippen LogP contribution in [0.1, 0.15) is 21.7 Å². The fourth-order valence-corrected chi connectivity index (χ4v) is 4.40. The van der Waals surface area contributed by atoms with Crippen molar-refractivity contribution >= 4 is 32.6 Å². The van der Waals surface area contributed by atoms with Crippen LogP contribution < -0.4 is 19.1 Å². The zero-order valence-corrected chi connectivity index (χ0v) is 17.2. The normalized spacial score (nSPS) is 12.3. The zero-order chi connectivity index (χ0) is 20.7. The Bertz CT molecular complexity index is 1230. The van der Waals surface area contributed by atoms with Crippen molar-refractivity contribution in [2.75, 3.05) is 18.8 Å². The summed E-state index contributed by atoms with van der Waals surface area (Å²) in [5.74, 6) is 2.31. The Hall–Kier alpha value is -3.52. The minimum absolute atomic E-state index is 0.153. The predicted molar refractivity (Wildman–Crippen MR) is 113 cm³/mol. The first-order chi connectivity index (χ1) is 14.6. The Morgan fingerprint density at radius 2 is 2.07 bits per heavy atom. The fourth-order valence-electron chi connectivity index (χ4n) is 3.35. The number of amides is 1. The Labute approximate surface area is 176 Å². The number of carbonyl (C=O) groups is 1. The molecule has 0 saturated carbocycles. The molecule has 3 heterocycles. The zero-order valence-electron chi connectivity index (χ0n) is 16.4. The van der Waals surface area contributed by atoms with Gasteiger partial charge in [0.05, 0.1) is 24.6 Å². The number of aromatic nitrogens is 1. The molecule has 0 fully saturated rings. The number of carbonyl (C=O) groups excluding carboxylic acids is 1. The van der Waals surface area contributed by atoms with Crippen LogP contribution in [0, 0.1) is 6.92 Å². The highest BCUT2D eigenvalue weighted by molar-refractivity contribution is 7.22. The van der Waals surface area contributed by atoms with Crippen molar-refractivity contribution in [3.8, 4) is 17.2 Å². The van der Waals surface area contributed by atoms with E-state index in [2.05, 4.69) is 0 Å². The second kappa shape index (κ2) is 7.38. The maximum atomic E-state index is 13.5. The summed E-state index contributed by atoms with van der Waals surface area (Å²) in [5.41, 5.74) is 2.29. The topological polar surface area (TPSA) is 74.0 Å². The van der Waals surface area contributed by atoms with Crippen LogP contribution in [0.2, 0.25) is 0 Å². The molecule has 2 aromatic carbocycles. The standard InChI is InChI=1S/C22H18N2O5S/c1-13-5-7-17(26-2)19-20(13)30-22(23-19)24(11-15-4-3-9-27-15)21(25)14-6-8-16-18(10-14)29-12-28-16/h3-10H,11-12H2,1-2H3. The summed E-state index contributed by atoms with van der Waals surface area (Å²) in [4.78, 5) is 19.9. The summed E-state index contributed by atoms with van der Waals surface area (Å²) in [5, 5.41) is 0.566. The number of hydrogen-bond donors (Lipinski definition) is 0. The van der Waals surface area contributed by atoms with Gasteiger partial charge in [-0.2, -0.15) is 0 Å². The van der Waals surface area contributed by atoms with Gasteiger partial charge in [0.1, 0.15) is 17.0 Å². The van der Waals surface area contributed by atoms with Gasteiger partial charge >= 0.3 is 0 Å². The summed E-state index contributed by atoms with van der Waals surface area (Å²) in [6, 6.07) is 12.7. The number of ether oxygens (including phenoxy) is 3. The van der Waals surface area contributed by atoms with Gasteiger partial charge in [0.15, 0.2) is 16.6 Å². The number of benzene rings is 2. The molecule has 1 aliphatic rings. The molecule has 8 heteroatoms. The third kappa shape index (κ3) is 3.15. The van der Waals surface area contributed by atoms with Crippen LogP contribution in [0.15, 0.2) is 53.1 Å². The van der Waals surface area contributed by atoms with Crippen molar-refractivity contribution < 1.29 is 23.4 Å². The van der Waals surface area contributed by atoms with E-state index in [-0.39, 0.29) is 19.2 Å². The Kier molecular flexibility index (Phi) is 4.55. The minimum atomic E-state index is -0.208. The Balaban J connectivity index is 1.59. The lowest BCUT2D eigenvalue weighted by atomic mass is 10.1. The smallest absolute Gasteiger partial charge is 0.260 e. The predicted octanol–water partition coefficient (Wildman–Crippen LogP) is 4.78. The third-order valence-corrected chi connectivity index (χ3v) is 6.12. The van der Waals surface area contributed by atoms with Crippen LogP contribution in [0.25, 0.3) is 10.2 Å². The SMILES string of the molecule is COc1ccc(C)c2sc(N(Cc3ccco3)C(=O)c3ccc4c(c3)OCO4)nc12. The first-order valence-electron chi connectivity index (χ1n) is 9.32. The van der Waals surface area contributed by atoms with Gasteiger partial charge in [0.25, 0.3) is 5.91 Å². The van der Waals surface area contributed by atoms with Crippen LogP contribution >= 0.6 is 11.3 Å². The molecule has 152 valence electrons. The summed E-state index contributed by atoms with van der Waals surface area (Å²) < 4.78 is 22.7. The molecule has 30 heavy (non-hydrogen) atoms. The van der Waals surface area contributed by atoms with Gasteiger partial charge in [-0.25, -0.2) is 4.98 Å². The first kappa shape index (κ1) is 18.5. The fraction of sp³-hybridized carbons (Fsp3) is 0.182. The van der Waals surface area contributed by atoms with E-state index in [0.717, 1.165) is 15.8 Å². The number of rotatable bonds is 5. The summed E-state index contributed by atoms with van der Waals surface area (Å²) in [6.07, 6.45) is 1.59. The Morgan fingerprint density at radius 1 is 1.20 bits per heavy atom. The second-order valence-electron chi connectivity index (χ2n) is 6.80. The van der Waals surface area contributed by atoms with Gasteiger partial charge in [-0.05, 0) is 48.9 Å². The maximum absolute atomic E-state index is 13.5. The molecule has 0 atom stereocenters. The molecule has 0 N–H and O–H groups in total. The van der Waals surface area contributed by atoms with Gasteiger partial charge in [-0.15, -0.1) is 0 Å². The number of nitrogens with zero attached hydrogens (tertiary/aromatic N) is 2. The van der Waals surface area contributed by atoms with Crippen LogP contribution in [-0.4, -0.2) is 24.8 Å². The van der Waals surface area contributed by atoms with Gasteiger partial charge in [-0.3, -0.25) is 9.69 Å². The lowest BCUT2D eigenvalue weighted by molar-refractivity contribution is 0.0983. The highest BCUT2D eigenvalue weighted by Gasteiger charge is 2.26. The maximum Gasteiger partial charge on any atom is 0.260 e. The highest BCUT2D eigenvalue weighted by Crippen LogP contribution is 2.38. The monoisotopic (exact) mass is 422 g/mol. The van der Waals surface area contributed by atoms with E-state index in [4.69, 9.17) is 23.6 Å². The molecule has 7 nitrogen and oxygen atoms in total. The summed E-state index contributed by atoms with van der Waals surface area (Å²) in [6.45, 7) is 2.42. The molecule has 0 radical (unpaired) electrons. The summed E-state index contributed by atoms with van der Waals surface area (Å²) >= 11 is 1.45. The molecule has 1 amide bonds. The van der Waals surface area contributed by atoms with Crippen LogP contribution in [-0.2, 0) is 6.54 Å². The third-order valence-electron chi connectivity index (χ3n) is 4.90. The van der Waals surface area contributed by atoms with E-state index in [9.17, 15) is 4.79 Å².